The number of hydrogen-bond donors (Lipinski definition) is 1. The first-order chi connectivity index (χ1) is 10.7. The van der Waals surface area contributed by atoms with Crippen LogP contribution in [0, 0.1) is 6.92 Å². The molecule has 1 N–H and O–H groups in total. The van der Waals surface area contributed by atoms with Crippen molar-refractivity contribution < 1.29 is 4.42 Å². The second-order valence-corrected chi connectivity index (χ2v) is 5.50. The molecular weight excluding hydrogens is 274 g/mol. The summed E-state index contributed by atoms with van der Waals surface area (Å²) in [7, 11) is 0. The van der Waals surface area contributed by atoms with E-state index < -0.39 is 0 Å². The Morgan fingerprint density at radius 1 is 1.05 bits per heavy atom. The summed E-state index contributed by atoms with van der Waals surface area (Å²) in [5.41, 5.74) is 3.75. The van der Waals surface area contributed by atoms with Gasteiger partial charge in [-0.15, -0.1) is 0 Å². The van der Waals surface area contributed by atoms with Crippen LogP contribution in [0.3, 0.4) is 0 Å². The highest BCUT2D eigenvalue weighted by molar-refractivity contribution is 5.80. The van der Waals surface area contributed by atoms with E-state index in [9.17, 15) is 4.79 Å². The SMILES string of the molecule is Cc1ccc2c(CNCCc3ccccc3)cc(=O)oc2c1. The molecule has 0 unspecified atom stereocenters. The Hall–Kier alpha value is -2.39. The number of fused-ring (bicyclic) bond motifs is 1. The zero-order valence-corrected chi connectivity index (χ0v) is 12.6. The van der Waals surface area contributed by atoms with E-state index in [1.165, 1.54) is 5.56 Å². The van der Waals surface area contributed by atoms with Gasteiger partial charge in [0.05, 0.1) is 0 Å². The maximum absolute atomic E-state index is 11.7. The van der Waals surface area contributed by atoms with Gasteiger partial charge in [0.1, 0.15) is 5.58 Å². The molecule has 0 aliphatic heterocycles. The van der Waals surface area contributed by atoms with E-state index in [4.69, 9.17) is 4.42 Å². The Morgan fingerprint density at radius 2 is 1.86 bits per heavy atom. The summed E-state index contributed by atoms with van der Waals surface area (Å²) in [6, 6.07) is 17.9. The van der Waals surface area contributed by atoms with Crippen LogP contribution < -0.4 is 10.9 Å². The topological polar surface area (TPSA) is 42.2 Å². The Labute approximate surface area is 129 Å². The average Bonchev–Trinajstić information content (AvgIpc) is 2.52. The summed E-state index contributed by atoms with van der Waals surface area (Å²) < 4.78 is 5.28. The molecule has 0 atom stereocenters. The molecule has 0 amide bonds. The van der Waals surface area contributed by atoms with Crippen molar-refractivity contribution in [2.24, 2.45) is 0 Å². The van der Waals surface area contributed by atoms with Crippen molar-refractivity contribution in [3.8, 4) is 0 Å². The normalized spacial score (nSPS) is 11.0. The van der Waals surface area contributed by atoms with Gasteiger partial charge in [-0.25, -0.2) is 4.79 Å². The van der Waals surface area contributed by atoms with Gasteiger partial charge >= 0.3 is 5.63 Å². The van der Waals surface area contributed by atoms with Crippen LogP contribution in [0.25, 0.3) is 11.0 Å². The van der Waals surface area contributed by atoms with Crippen LogP contribution >= 0.6 is 0 Å². The van der Waals surface area contributed by atoms with Gasteiger partial charge in [0, 0.05) is 18.0 Å². The van der Waals surface area contributed by atoms with Crippen LogP contribution in [-0.4, -0.2) is 6.54 Å². The summed E-state index contributed by atoms with van der Waals surface area (Å²) in [5, 5.41) is 4.40. The Morgan fingerprint density at radius 3 is 2.68 bits per heavy atom. The fraction of sp³-hybridized carbons (Fsp3) is 0.211. The predicted molar refractivity (Wildman–Crippen MR) is 89.1 cm³/mol. The van der Waals surface area contributed by atoms with Crippen LogP contribution in [0.1, 0.15) is 16.7 Å². The number of rotatable bonds is 5. The lowest BCUT2D eigenvalue weighted by atomic mass is 10.1. The molecule has 3 aromatic rings. The third-order valence-electron chi connectivity index (χ3n) is 3.73. The molecule has 0 saturated carbocycles. The summed E-state index contributed by atoms with van der Waals surface area (Å²) in [4.78, 5) is 11.7. The molecule has 0 aliphatic carbocycles. The molecular formula is C19H19NO2. The van der Waals surface area contributed by atoms with Crippen LogP contribution in [0.5, 0.6) is 0 Å². The molecule has 0 bridgehead atoms. The van der Waals surface area contributed by atoms with Crippen molar-refractivity contribution in [3.05, 3.63) is 81.7 Å². The van der Waals surface area contributed by atoms with Gasteiger partial charge in [-0.3, -0.25) is 0 Å². The van der Waals surface area contributed by atoms with E-state index in [0.717, 1.165) is 29.5 Å². The van der Waals surface area contributed by atoms with Gasteiger partial charge < -0.3 is 9.73 Å². The van der Waals surface area contributed by atoms with E-state index >= 15 is 0 Å². The highest BCUT2D eigenvalue weighted by Crippen LogP contribution is 2.18. The first-order valence-electron chi connectivity index (χ1n) is 7.50. The second kappa shape index (κ2) is 6.58. The molecule has 0 aliphatic rings. The summed E-state index contributed by atoms with van der Waals surface area (Å²) in [6.45, 7) is 3.53. The standard InChI is InChI=1S/C19H19NO2/c1-14-7-8-17-16(12-19(21)22-18(17)11-14)13-20-10-9-15-5-3-2-4-6-15/h2-8,11-12,20H,9-10,13H2,1H3. The minimum absolute atomic E-state index is 0.294. The molecule has 3 nitrogen and oxygen atoms in total. The van der Waals surface area contributed by atoms with Gasteiger partial charge in [0.2, 0.25) is 0 Å². The summed E-state index contributed by atoms with van der Waals surface area (Å²) >= 11 is 0. The highest BCUT2D eigenvalue weighted by atomic mass is 16.4. The lowest BCUT2D eigenvalue weighted by Crippen LogP contribution is -2.18. The van der Waals surface area contributed by atoms with Gasteiger partial charge in [0.15, 0.2) is 0 Å². The lowest BCUT2D eigenvalue weighted by Gasteiger charge is -2.08. The van der Waals surface area contributed by atoms with Crippen molar-refractivity contribution >= 4 is 11.0 Å². The van der Waals surface area contributed by atoms with Crippen LogP contribution in [0.4, 0.5) is 0 Å². The van der Waals surface area contributed by atoms with Crippen LogP contribution in [0.15, 0.2) is 63.8 Å². The van der Waals surface area contributed by atoms with Gasteiger partial charge in [-0.2, -0.15) is 0 Å². The van der Waals surface area contributed by atoms with Crippen LogP contribution in [-0.2, 0) is 13.0 Å². The van der Waals surface area contributed by atoms with E-state index in [0.29, 0.717) is 12.1 Å². The van der Waals surface area contributed by atoms with Crippen LogP contribution in [0.2, 0.25) is 0 Å². The predicted octanol–water partition coefficient (Wildman–Crippen LogP) is 3.43. The fourth-order valence-corrected chi connectivity index (χ4v) is 2.58. The van der Waals surface area contributed by atoms with Gasteiger partial charge in [-0.05, 0) is 42.6 Å². The Bertz CT molecular complexity index is 822. The molecule has 1 heterocycles. The number of nitrogens with one attached hydrogen (secondary N) is 1. The Balaban J connectivity index is 1.70. The van der Waals surface area contributed by atoms with E-state index in [1.807, 2.05) is 43.3 Å². The molecule has 3 rings (SSSR count). The zero-order chi connectivity index (χ0) is 15.4. The maximum atomic E-state index is 11.7. The summed E-state index contributed by atoms with van der Waals surface area (Å²) in [6.07, 6.45) is 0.972. The average molecular weight is 293 g/mol. The molecule has 0 radical (unpaired) electrons. The molecule has 2 aromatic carbocycles. The molecule has 1 aromatic heterocycles. The lowest BCUT2D eigenvalue weighted by molar-refractivity contribution is 0.556. The maximum Gasteiger partial charge on any atom is 0.336 e. The zero-order valence-electron chi connectivity index (χ0n) is 12.6. The minimum atomic E-state index is -0.294. The highest BCUT2D eigenvalue weighted by Gasteiger charge is 2.05. The quantitative estimate of drug-likeness (QED) is 0.579. The molecule has 3 heteroatoms. The number of aryl methyl sites for hydroxylation is 1. The monoisotopic (exact) mass is 293 g/mol. The smallest absolute Gasteiger partial charge is 0.336 e. The van der Waals surface area contributed by atoms with Crippen molar-refractivity contribution in [1.82, 2.24) is 5.32 Å². The van der Waals surface area contributed by atoms with Crippen molar-refractivity contribution in [2.75, 3.05) is 6.54 Å². The first-order valence-corrected chi connectivity index (χ1v) is 7.50. The first kappa shape index (κ1) is 14.5. The minimum Gasteiger partial charge on any atom is -0.423 e. The molecule has 22 heavy (non-hydrogen) atoms. The summed E-state index contributed by atoms with van der Waals surface area (Å²) in [5.74, 6) is 0. The fourth-order valence-electron chi connectivity index (χ4n) is 2.58. The number of benzene rings is 2. The Kier molecular flexibility index (Phi) is 4.35. The number of hydrogen-bond acceptors (Lipinski definition) is 3. The molecule has 0 saturated heterocycles. The molecule has 112 valence electrons. The molecule has 0 spiro atoms. The van der Waals surface area contributed by atoms with Gasteiger partial charge in [0.25, 0.3) is 0 Å². The van der Waals surface area contributed by atoms with E-state index in [2.05, 4.69) is 17.4 Å². The van der Waals surface area contributed by atoms with Crippen molar-refractivity contribution in [2.45, 2.75) is 19.9 Å². The van der Waals surface area contributed by atoms with Crippen molar-refractivity contribution in [1.29, 1.82) is 0 Å². The molecule has 0 fully saturated rings. The third-order valence-corrected chi connectivity index (χ3v) is 3.73. The third kappa shape index (κ3) is 3.43. The largest absolute Gasteiger partial charge is 0.423 e. The second-order valence-electron chi connectivity index (χ2n) is 5.50. The van der Waals surface area contributed by atoms with E-state index in [-0.39, 0.29) is 5.63 Å². The van der Waals surface area contributed by atoms with Crippen molar-refractivity contribution in [3.63, 3.8) is 0 Å². The van der Waals surface area contributed by atoms with E-state index in [1.54, 1.807) is 6.07 Å². The van der Waals surface area contributed by atoms with Gasteiger partial charge in [-0.1, -0.05) is 42.5 Å².